The summed E-state index contributed by atoms with van der Waals surface area (Å²) in [5, 5.41) is 24.6. The molecule has 44 heavy (non-hydrogen) atoms. The summed E-state index contributed by atoms with van der Waals surface area (Å²) in [7, 11) is 0. The number of hydrogen-bond donors (Lipinski definition) is 2. The molecule has 6 heterocycles. The van der Waals surface area contributed by atoms with Crippen LogP contribution < -0.4 is 25.6 Å². The molecule has 4 aliphatic heterocycles. The first-order valence-corrected chi connectivity index (χ1v) is 16.6. The van der Waals surface area contributed by atoms with Gasteiger partial charge in [-0.2, -0.15) is 20.5 Å². The molecule has 232 valence electrons. The quantitative estimate of drug-likeness (QED) is 0.475. The van der Waals surface area contributed by atoms with Gasteiger partial charge in [-0.15, -0.1) is 11.3 Å². The van der Waals surface area contributed by atoms with Crippen molar-refractivity contribution in [2.75, 3.05) is 68.0 Å². The van der Waals surface area contributed by atoms with Crippen LogP contribution in [0.2, 0.25) is 0 Å². The van der Waals surface area contributed by atoms with Gasteiger partial charge in [0.1, 0.15) is 22.7 Å². The molecule has 4 saturated heterocycles. The molecule has 0 aromatic carbocycles. The van der Waals surface area contributed by atoms with Crippen molar-refractivity contribution >= 4 is 28.0 Å². The Balaban J connectivity index is 1.06. The van der Waals surface area contributed by atoms with Gasteiger partial charge in [0.25, 0.3) is 5.92 Å². The number of aromatic nitrogens is 2. The van der Waals surface area contributed by atoms with E-state index in [1.54, 1.807) is 0 Å². The molecule has 10 nitrogen and oxygen atoms in total. The maximum Gasteiger partial charge on any atom is 0.320 e. The lowest BCUT2D eigenvalue weighted by Crippen LogP contribution is -2.59. The fourth-order valence-electron chi connectivity index (χ4n) is 8.24. The van der Waals surface area contributed by atoms with Crippen LogP contribution in [0, 0.1) is 28.1 Å². The van der Waals surface area contributed by atoms with E-state index in [-0.39, 0.29) is 29.7 Å². The van der Waals surface area contributed by atoms with Crippen molar-refractivity contribution in [1.29, 1.82) is 10.5 Å². The molecular formula is C31H37F2N9OS. The molecular weight excluding hydrogens is 584 g/mol. The molecule has 6 aliphatic rings. The van der Waals surface area contributed by atoms with Gasteiger partial charge in [-0.3, -0.25) is 0 Å². The lowest BCUT2D eigenvalue weighted by atomic mass is 9.74. The number of rotatable bonds is 7. The summed E-state index contributed by atoms with van der Waals surface area (Å²) in [6.45, 7) is 4.84. The van der Waals surface area contributed by atoms with E-state index in [4.69, 9.17) is 20.4 Å². The maximum atomic E-state index is 13.7. The number of ether oxygens (including phenoxy) is 1. The second-order valence-corrected chi connectivity index (χ2v) is 15.1. The summed E-state index contributed by atoms with van der Waals surface area (Å²) in [4.78, 5) is 17.4. The zero-order chi connectivity index (χ0) is 30.3. The molecule has 2 aliphatic carbocycles. The van der Waals surface area contributed by atoms with E-state index in [0.717, 1.165) is 63.7 Å². The molecule has 1 saturated carbocycles. The number of nitrogens with one attached hydrogen (secondary N) is 1. The number of aryl methyl sites for hydroxylation is 1. The maximum absolute atomic E-state index is 13.7. The van der Waals surface area contributed by atoms with Crippen LogP contribution in [0.3, 0.4) is 0 Å². The van der Waals surface area contributed by atoms with Crippen LogP contribution in [-0.2, 0) is 11.8 Å². The van der Waals surface area contributed by atoms with Gasteiger partial charge < -0.3 is 30.5 Å². The first kappa shape index (κ1) is 28.2. The van der Waals surface area contributed by atoms with Crippen molar-refractivity contribution in [2.24, 2.45) is 5.41 Å². The molecule has 0 unspecified atom stereocenters. The highest BCUT2D eigenvalue weighted by Crippen LogP contribution is 2.53. The highest BCUT2D eigenvalue weighted by molar-refractivity contribution is 7.16. The van der Waals surface area contributed by atoms with Crippen LogP contribution in [0.15, 0.2) is 0 Å². The minimum absolute atomic E-state index is 0.0774. The summed E-state index contributed by atoms with van der Waals surface area (Å²) in [6.07, 6.45) is 5.87. The Bertz CT molecular complexity index is 1550. The van der Waals surface area contributed by atoms with Crippen LogP contribution in [0.1, 0.15) is 66.5 Å². The molecule has 2 atom stereocenters. The minimum Gasteiger partial charge on any atom is -0.463 e. The number of hydrogen-bond acceptors (Lipinski definition) is 11. The van der Waals surface area contributed by atoms with E-state index in [2.05, 4.69) is 32.2 Å². The standard InChI is InChI=1S/C31H37F2N9OS/c32-31(33)7-9-40(10-8-31)15-29(5-6-29)18-43-28-38-26(41-13-19-1-2-20(14-41)37-19)22(12-35)27(39-28)42-16-30(17-42)4-3-23-24(30)21(11-34)25(36)44-23/h19-20,37H,1-10,13-18,36H2/t19-,20+. The van der Waals surface area contributed by atoms with Crippen LogP contribution in [0.5, 0.6) is 6.01 Å². The van der Waals surface area contributed by atoms with Gasteiger partial charge in [-0.1, -0.05) is 0 Å². The summed E-state index contributed by atoms with van der Waals surface area (Å²) in [5.74, 6) is -1.35. The molecule has 0 amide bonds. The number of nitriles is 2. The van der Waals surface area contributed by atoms with E-state index in [1.165, 1.54) is 16.2 Å². The van der Waals surface area contributed by atoms with Gasteiger partial charge in [-0.25, -0.2) is 8.78 Å². The third-order valence-corrected chi connectivity index (χ3v) is 11.9. The molecule has 2 aromatic rings. The fourth-order valence-corrected chi connectivity index (χ4v) is 9.38. The average Bonchev–Trinajstić information content (AvgIpc) is 3.37. The van der Waals surface area contributed by atoms with Gasteiger partial charge in [-0.05, 0) is 44.1 Å². The Hall–Kier alpha value is -3.26. The smallest absolute Gasteiger partial charge is 0.320 e. The second kappa shape index (κ2) is 10.1. The van der Waals surface area contributed by atoms with Crippen molar-refractivity contribution in [1.82, 2.24) is 20.2 Å². The van der Waals surface area contributed by atoms with E-state index >= 15 is 0 Å². The zero-order valence-corrected chi connectivity index (χ0v) is 25.6. The highest BCUT2D eigenvalue weighted by atomic mass is 32.1. The van der Waals surface area contributed by atoms with Crippen molar-refractivity contribution in [3.63, 3.8) is 0 Å². The SMILES string of the molecule is N#Cc1c(N2C[C@H]3CC[C@@H](C2)N3)nc(OCC2(CN3CCC(F)(F)CC3)CC2)nc1N1CC2(CCc3sc(N)c(C#N)c32)C1. The first-order valence-electron chi connectivity index (χ1n) is 15.8. The third-order valence-electron chi connectivity index (χ3n) is 10.9. The van der Waals surface area contributed by atoms with Gasteiger partial charge in [0.05, 0.1) is 12.2 Å². The van der Waals surface area contributed by atoms with Gasteiger partial charge in [0, 0.05) is 86.4 Å². The number of nitrogens with two attached hydrogens (primary N) is 1. The van der Waals surface area contributed by atoms with E-state index < -0.39 is 5.92 Å². The number of nitrogen functional groups attached to an aromatic ring is 1. The van der Waals surface area contributed by atoms with Crippen molar-refractivity contribution < 1.29 is 13.5 Å². The van der Waals surface area contributed by atoms with Crippen LogP contribution >= 0.6 is 11.3 Å². The Labute approximate surface area is 259 Å². The molecule has 13 heteroatoms. The zero-order valence-electron chi connectivity index (χ0n) is 24.7. The van der Waals surface area contributed by atoms with Crippen molar-refractivity contribution in [2.45, 2.75) is 74.8 Å². The minimum atomic E-state index is -2.56. The molecule has 3 N–H and O–H groups in total. The normalized spacial score (nSPS) is 27.5. The molecule has 2 aromatic heterocycles. The van der Waals surface area contributed by atoms with Crippen molar-refractivity contribution in [3.8, 4) is 18.1 Å². The molecule has 8 rings (SSSR count). The number of halogens is 2. The molecule has 1 spiro atoms. The number of nitrogens with zero attached hydrogens (tertiary/aromatic N) is 7. The predicted octanol–water partition coefficient (Wildman–Crippen LogP) is 3.40. The third kappa shape index (κ3) is 4.75. The van der Waals surface area contributed by atoms with Crippen LogP contribution in [0.25, 0.3) is 0 Å². The number of likely N-dealkylation sites (tertiary alicyclic amines) is 1. The molecule has 0 radical (unpaired) electrons. The Morgan fingerprint density at radius 3 is 2.25 bits per heavy atom. The van der Waals surface area contributed by atoms with Gasteiger partial charge in [0.15, 0.2) is 11.6 Å². The second-order valence-electron chi connectivity index (χ2n) is 14.0. The Morgan fingerprint density at radius 1 is 0.955 bits per heavy atom. The average molecular weight is 622 g/mol. The van der Waals surface area contributed by atoms with Gasteiger partial charge in [0.2, 0.25) is 0 Å². The van der Waals surface area contributed by atoms with Gasteiger partial charge >= 0.3 is 6.01 Å². The summed E-state index contributed by atoms with van der Waals surface area (Å²) in [6, 6.07) is 5.77. The molecule has 2 bridgehead atoms. The predicted molar refractivity (Wildman–Crippen MR) is 162 cm³/mol. The van der Waals surface area contributed by atoms with Crippen molar-refractivity contribution in [3.05, 3.63) is 21.6 Å². The number of alkyl halides is 2. The largest absolute Gasteiger partial charge is 0.463 e. The number of fused-ring (bicyclic) bond motifs is 4. The highest BCUT2D eigenvalue weighted by Gasteiger charge is 2.53. The Morgan fingerprint density at radius 2 is 1.61 bits per heavy atom. The number of piperazine rings is 1. The Kier molecular flexibility index (Phi) is 6.50. The first-order chi connectivity index (χ1) is 21.2. The number of anilines is 3. The summed E-state index contributed by atoms with van der Waals surface area (Å²) < 4.78 is 33.8. The fraction of sp³-hybridized carbons (Fsp3) is 0.677. The number of thiophene rings is 1. The van der Waals surface area contributed by atoms with E-state index in [1.807, 2.05) is 0 Å². The van der Waals surface area contributed by atoms with E-state index in [9.17, 15) is 19.3 Å². The lowest BCUT2D eigenvalue weighted by Gasteiger charge is -2.49. The monoisotopic (exact) mass is 621 g/mol. The van der Waals surface area contributed by atoms with Crippen LogP contribution in [0.4, 0.5) is 25.4 Å². The number of piperidine rings is 1. The van der Waals surface area contributed by atoms with E-state index in [0.29, 0.717) is 72.6 Å². The topological polar surface area (TPSA) is 130 Å². The molecule has 5 fully saturated rings. The lowest BCUT2D eigenvalue weighted by molar-refractivity contribution is -0.0591. The summed E-state index contributed by atoms with van der Waals surface area (Å²) in [5.41, 5.74) is 8.13. The van der Waals surface area contributed by atoms with Crippen LogP contribution in [-0.4, -0.2) is 85.3 Å². The summed E-state index contributed by atoms with van der Waals surface area (Å²) >= 11 is 1.53.